The molecule has 12 heteroatoms. The van der Waals surface area contributed by atoms with Gasteiger partial charge in [-0.25, -0.2) is 0 Å². The number of halogens is 6. The molecular formula is C24H26F6N2O4. The molecule has 0 unspecified atom stereocenters. The van der Waals surface area contributed by atoms with Crippen molar-refractivity contribution in [3.05, 3.63) is 59.7 Å². The first-order valence-corrected chi connectivity index (χ1v) is 11.1. The molecule has 0 aliphatic heterocycles. The molecule has 2 rings (SSSR count). The van der Waals surface area contributed by atoms with Crippen molar-refractivity contribution < 1.29 is 45.4 Å². The fourth-order valence-electron chi connectivity index (χ4n) is 3.24. The molecule has 0 radical (unpaired) electrons. The molecule has 36 heavy (non-hydrogen) atoms. The first-order chi connectivity index (χ1) is 16.8. The highest BCUT2D eigenvalue weighted by molar-refractivity contribution is 5.94. The average molecular weight is 520 g/mol. The van der Waals surface area contributed by atoms with Gasteiger partial charge in [0.15, 0.2) is 0 Å². The molecule has 2 aromatic rings. The van der Waals surface area contributed by atoms with Gasteiger partial charge in [-0.2, -0.15) is 0 Å². The van der Waals surface area contributed by atoms with Gasteiger partial charge in [0.1, 0.15) is 11.5 Å². The summed E-state index contributed by atoms with van der Waals surface area (Å²) in [6.07, 6.45) is -5.61. The fourth-order valence-corrected chi connectivity index (χ4v) is 3.24. The molecule has 0 bridgehead atoms. The Kier molecular flexibility index (Phi) is 10.4. The maximum absolute atomic E-state index is 12.4. The molecule has 1 N–H and O–H groups in total. The number of carbonyl (C=O) groups is 2. The number of hydrogen-bond acceptors (Lipinski definition) is 4. The van der Waals surface area contributed by atoms with Crippen molar-refractivity contribution in [3.8, 4) is 11.5 Å². The number of rotatable bonds is 12. The van der Waals surface area contributed by atoms with Gasteiger partial charge >= 0.3 is 12.7 Å². The molecule has 2 aromatic carbocycles. The highest BCUT2D eigenvalue weighted by atomic mass is 19.4. The normalized spacial score (nSPS) is 11.6. The summed E-state index contributed by atoms with van der Waals surface area (Å²) < 4.78 is 80.7. The van der Waals surface area contributed by atoms with Crippen LogP contribution in [0.15, 0.2) is 48.5 Å². The maximum atomic E-state index is 12.4. The molecule has 0 aromatic heterocycles. The third kappa shape index (κ3) is 10.9. The Bertz CT molecular complexity index is 976. The number of nitrogens with zero attached hydrogens (tertiary/aromatic N) is 1. The Hall–Kier alpha value is -3.44. The number of ether oxygens (including phenoxy) is 2. The van der Waals surface area contributed by atoms with Crippen molar-refractivity contribution in [2.75, 3.05) is 20.1 Å². The Morgan fingerprint density at radius 3 is 1.67 bits per heavy atom. The van der Waals surface area contributed by atoms with E-state index in [1.807, 2.05) is 0 Å². The van der Waals surface area contributed by atoms with E-state index in [1.54, 1.807) is 7.05 Å². The Labute approximate surface area is 204 Å². The van der Waals surface area contributed by atoms with E-state index in [0.29, 0.717) is 19.5 Å². The molecule has 0 heterocycles. The second-order valence-corrected chi connectivity index (χ2v) is 7.89. The van der Waals surface area contributed by atoms with Crippen LogP contribution in [0.3, 0.4) is 0 Å². The van der Waals surface area contributed by atoms with Crippen LogP contribution in [0.25, 0.3) is 0 Å². The predicted octanol–water partition coefficient (Wildman–Crippen LogP) is 5.94. The van der Waals surface area contributed by atoms with Crippen LogP contribution in [-0.4, -0.2) is 49.6 Å². The quantitative estimate of drug-likeness (QED) is 0.278. The minimum Gasteiger partial charge on any atom is -0.406 e. The van der Waals surface area contributed by atoms with E-state index < -0.39 is 30.1 Å². The van der Waals surface area contributed by atoms with Crippen molar-refractivity contribution in [2.45, 2.75) is 44.8 Å². The van der Waals surface area contributed by atoms with Crippen LogP contribution < -0.4 is 14.8 Å². The molecule has 0 fully saturated rings. The summed E-state index contributed by atoms with van der Waals surface area (Å²) in [6.45, 7) is 0.885. The third-order valence-corrected chi connectivity index (χ3v) is 4.99. The van der Waals surface area contributed by atoms with Gasteiger partial charge in [0.05, 0.1) is 0 Å². The minimum absolute atomic E-state index is 0.222. The van der Waals surface area contributed by atoms with Gasteiger partial charge in [-0.3, -0.25) is 9.59 Å². The summed E-state index contributed by atoms with van der Waals surface area (Å²) >= 11 is 0. The second-order valence-electron chi connectivity index (χ2n) is 7.89. The van der Waals surface area contributed by atoms with Gasteiger partial charge in [0.25, 0.3) is 11.8 Å². The van der Waals surface area contributed by atoms with Crippen LogP contribution in [0.2, 0.25) is 0 Å². The molecule has 0 spiro atoms. The third-order valence-electron chi connectivity index (χ3n) is 4.99. The van der Waals surface area contributed by atoms with E-state index in [-0.39, 0.29) is 17.0 Å². The standard InChI is InChI=1S/C24H26F6N2O4/c1-32(22(34)18-9-13-20(14-10-18)36-24(28,29)30)16-6-4-2-3-5-15-31-21(33)17-7-11-19(12-8-17)35-23(25,26)27/h7-14H,2-6,15-16H2,1H3,(H,31,33). The number of benzene rings is 2. The lowest BCUT2D eigenvalue weighted by Gasteiger charge is -2.17. The Balaban J connectivity index is 1.58. The lowest BCUT2D eigenvalue weighted by molar-refractivity contribution is -0.275. The smallest absolute Gasteiger partial charge is 0.406 e. The zero-order valence-corrected chi connectivity index (χ0v) is 19.4. The van der Waals surface area contributed by atoms with Crippen LogP contribution in [0.4, 0.5) is 26.3 Å². The van der Waals surface area contributed by atoms with Crippen molar-refractivity contribution in [3.63, 3.8) is 0 Å². The van der Waals surface area contributed by atoms with Gasteiger partial charge in [-0.15, -0.1) is 26.3 Å². The first kappa shape index (κ1) is 28.8. The second kappa shape index (κ2) is 13.0. The monoisotopic (exact) mass is 520 g/mol. The van der Waals surface area contributed by atoms with E-state index in [1.165, 1.54) is 29.2 Å². The van der Waals surface area contributed by atoms with Crippen LogP contribution >= 0.6 is 0 Å². The number of alkyl halides is 6. The highest BCUT2D eigenvalue weighted by Crippen LogP contribution is 2.24. The summed E-state index contributed by atoms with van der Waals surface area (Å²) in [5, 5.41) is 2.70. The fraction of sp³-hybridized carbons (Fsp3) is 0.417. The number of hydrogen-bond donors (Lipinski definition) is 1. The number of unbranched alkanes of at least 4 members (excludes halogenated alkanes) is 4. The zero-order valence-electron chi connectivity index (χ0n) is 19.4. The molecule has 2 amide bonds. The van der Waals surface area contributed by atoms with Crippen LogP contribution in [-0.2, 0) is 0 Å². The summed E-state index contributed by atoms with van der Waals surface area (Å²) in [5.74, 6) is -1.51. The molecule has 6 nitrogen and oxygen atoms in total. The van der Waals surface area contributed by atoms with Crippen molar-refractivity contribution in [2.24, 2.45) is 0 Å². The van der Waals surface area contributed by atoms with Gasteiger partial charge in [0.2, 0.25) is 0 Å². The minimum atomic E-state index is -4.79. The molecule has 0 aliphatic rings. The van der Waals surface area contributed by atoms with Gasteiger partial charge in [0, 0.05) is 31.3 Å². The highest BCUT2D eigenvalue weighted by Gasteiger charge is 2.31. The lowest BCUT2D eigenvalue weighted by Crippen LogP contribution is -2.27. The molecule has 0 atom stereocenters. The molecular weight excluding hydrogens is 494 g/mol. The van der Waals surface area contributed by atoms with Crippen LogP contribution in [0.5, 0.6) is 11.5 Å². The van der Waals surface area contributed by atoms with Crippen molar-refractivity contribution >= 4 is 11.8 Å². The van der Waals surface area contributed by atoms with Gasteiger partial charge in [-0.1, -0.05) is 19.3 Å². The predicted molar refractivity (Wildman–Crippen MR) is 119 cm³/mol. The maximum Gasteiger partial charge on any atom is 0.573 e. The van der Waals surface area contributed by atoms with E-state index in [4.69, 9.17) is 0 Å². The number of amides is 2. The van der Waals surface area contributed by atoms with E-state index in [9.17, 15) is 35.9 Å². The lowest BCUT2D eigenvalue weighted by atomic mass is 10.1. The van der Waals surface area contributed by atoms with Crippen molar-refractivity contribution in [1.82, 2.24) is 10.2 Å². The summed E-state index contributed by atoms with van der Waals surface area (Å²) in [6, 6.07) is 9.37. The van der Waals surface area contributed by atoms with Gasteiger partial charge in [-0.05, 0) is 61.4 Å². The largest absolute Gasteiger partial charge is 0.573 e. The van der Waals surface area contributed by atoms with E-state index in [2.05, 4.69) is 14.8 Å². The number of nitrogens with one attached hydrogen (secondary N) is 1. The Morgan fingerprint density at radius 2 is 1.17 bits per heavy atom. The SMILES string of the molecule is CN(CCCCCCCNC(=O)c1ccc(OC(F)(F)F)cc1)C(=O)c1ccc(OC(F)(F)F)cc1. The molecule has 0 aliphatic carbocycles. The first-order valence-electron chi connectivity index (χ1n) is 11.1. The van der Waals surface area contributed by atoms with Gasteiger partial charge < -0.3 is 19.7 Å². The van der Waals surface area contributed by atoms with Crippen molar-refractivity contribution in [1.29, 1.82) is 0 Å². The summed E-state index contributed by atoms with van der Waals surface area (Å²) in [7, 11) is 1.61. The molecule has 0 saturated carbocycles. The zero-order chi connectivity index (χ0) is 26.8. The Morgan fingerprint density at radius 1 is 0.722 bits per heavy atom. The van der Waals surface area contributed by atoms with Crippen LogP contribution in [0, 0.1) is 0 Å². The van der Waals surface area contributed by atoms with E-state index in [0.717, 1.165) is 49.9 Å². The van der Waals surface area contributed by atoms with Crippen LogP contribution in [0.1, 0.15) is 52.8 Å². The summed E-state index contributed by atoms with van der Waals surface area (Å²) in [5.41, 5.74) is 0.477. The number of carbonyl (C=O) groups excluding carboxylic acids is 2. The van der Waals surface area contributed by atoms with E-state index >= 15 is 0 Å². The molecule has 198 valence electrons. The topological polar surface area (TPSA) is 67.9 Å². The summed E-state index contributed by atoms with van der Waals surface area (Å²) in [4.78, 5) is 25.9. The molecule has 0 saturated heterocycles. The average Bonchev–Trinajstić information content (AvgIpc) is 2.79.